The van der Waals surface area contributed by atoms with Crippen LogP contribution in [0.25, 0.3) is 11.5 Å². The van der Waals surface area contributed by atoms with E-state index in [2.05, 4.69) is 10.1 Å². The molecule has 0 unspecified atom stereocenters. The molecule has 100 valence electrons. The second-order valence-electron chi connectivity index (χ2n) is 5.04. The number of benzene rings is 1. The van der Waals surface area contributed by atoms with Gasteiger partial charge in [0.1, 0.15) is 0 Å². The van der Waals surface area contributed by atoms with Crippen LogP contribution < -0.4 is 5.73 Å². The number of phenols is 1. The van der Waals surface area contributed by atoms with Crippen molar-refractivity contribution in [1.82, 2.24) is 10.1 Å². The Labute approximate surface area is 111 Å². The minimum atomic E-state index is 0.00124. The molecule has 0 aliphatic heterocycles. The molecule has 1 heterocycles. The van der Waals surface area contributed by atoms with E-state index in [1.165, 1.54) is 19.3 Å². The molecule has 3 N–H and O–H groups in total. The first-order valence-electron chi connectivity index (χ1n) is 6.67. The molecule has 1 fully saturated rings. The topological polar surface area (TPSA) is 85.2 Å². The molecule has 0 bridgehead atoms. The number of phenolic OH excluding ortho intramolecular Hbond substituents is 1. The predicted molar refractivity (Wildman–Crippen MR) is 71.6 cm³/mol. The maximum absolute atomic E-state index is 9.92. The lowest BCUT2D eigenvalue weighted by Gasteiger charge is -2.17. The molecule has 1 saturated carbocycles. The van der Waals surface area contributed by atoms with Crippen molar-refractivity contribution in [2.75, 3.05) is 5.73 Å². The van der Waals surface area contributed by atoms with Gasteiger partial charge >= 0.3 is 0 Å². The standard InChI is InChI=1S/C14H17N3O2/c15-11-8-4-7-10(12(11)18)14-16-13(17-19-14)9-5-2-1-3-6-9/h4,7-9,18H,1-3,5-6,15H2. The number of aromatic nitrogens is 2. The number of nitrogen functional groups attached to an aromatic ring is 1. The molecule has 1 aliphatic carbocycles. The second-order valence-corrected chi connectivity index (χ2v) is 5.04. The van der Waals surface area contributed by atoms with Gasteiger partial charge < -0.3 is 15.4 Å². The fourth-order valence-electron chi connectivity index (χ4n) is 2.60. The quantitative estimate of drug-likeness (QED) is 0.639. The number of para-hydroxylation sites is 1. The maximum atomic E-state index is 9.92. The summed E-state index contributed by atoms with van der Waals surface area (Å²) >= 11 is 0. The predicted octanol–water partition coefficient (Wildman–Crippen LogP) is 3.07. The average molecular weight is 259 g/mol. The summed E-state index contributed by atoms with van der Waals surface area (Å²) in [6.45, 7) is 0. The van der Waals surface area contributed by atoms with Crippen molar-refractivity contribution in [2.24, 2.45) is 0 Å². The summed E-state index contributed by atoms with van der Waals surface area (Å²) in [6, 6.07) is 5.12. The molecule has 0 radical (unpaired) electrons. The van der Waals surface area contributed by atoms with Crippen molar-refractivity contribution in [3.63, 3.8) is 0 Å². The number of hydrogen-bond acceptors (Lipinski definition) is 5. The summed E-state index contributed by atoms with van der Waals surface area (Å²) in [5.74, 6) is 1.47. The van der Waals surface area contributed by atoms with Crippen molar-refractivity contribution in [1.29, 1.82) is 0 Å². The summed E-state index contributed by atoms with van der Waals surface area (Å²) in [5.41, 5.74) is 6.48. The molecule has 1 aromatic heterocycles. The zero-order chi connectivity index (χ0) is 13.2. The molecule has 5 heteroatoms. The molecule has 3 rings (SSSR count). The van der Waals surface area contributed by atoms with E-state index in [0.717, 1.165) is 18.7 Å². The Bertz CT molecular complexity index is 574. The SMILES string of the molecule is Nc1cccc(-c2nc(C3CCCCC3)no2)c1O. The fraction of sp³-hybridized carbons (Fsp3) is 0.429. The minimum Gasteiger partial charge on any atom is -0.505 e. The summed E-state index contributed by atoms with van der Waals surface area (Å²) in [6.07, 6.45) is 5.96. The highest BCUT2D eigenvalue weighted by molar-refractivity contribution is 5.71. The molecule has 2 aromatic rings. The van der Waals surface area contributed by atoms with Gasteiger partial charge in [0.05, 0.1) is 11.3 Å². The van der Waals surface area contributed by atoms with Crippen molar-refractivity contribution in [3.8, 4) is 17.2 Å². The summed E-state index contributed by atoms with van der Waals surface area (Å²) in [5, 5.41) is 14.0. The van der Waals surface area contributed by atoms with Crippen LogP contribution in [0.4, 0.5) is 5.69 Å². The summed E-state index contributed by atoms with van der Waals surface area (Å²) in [4.78, 5) is 4.41. The van der Waals surface area contributed by atoms with Crippen molar-refractivity contribution < 1.29 is 9.63 Å². The third kappa shape index (κ3) is 2.28. The lowest BCUT2D eigenvalue weighted by molar-refractivity contribution is 0.384. The molecule has 0 spiro atoms. The van der Waals surface area contributed by atoms with Gasteiger partial charge in [-0.3, -0.25) is 0 Å². The molecule has 0 atom stereocenters. The summed E-state index contributed by atoms with van der Waals surface area (Å²) < 4.78 is 5.26. The smallest absolute Gasteiger partial charge is 0.261 e. The Morgan fingerprint density at radius 1 is 1.21 bits per heavy atom. The van der Waals surface area contributed by atoms with Crippen molar-refractivity contribution in [3.05, 3.63) is 24.0 Å². The Balaban J connectivity index is 1.90. The highest BCUT2D eigenvalue weighted by Gasteiger charge is 2.22. The molecule has 5 nitrogen and oxygen atoms in total. The van der Waals surface area contributed by atoms with Gasteiger partial charge in [-0.2, -0.15) is 4.98 Å². The number of rotatable bonds is 2. The minimum absolute atomic E-state index is 0.00124. The largest absolute Gasteiger partial charge is 0.505 e. The van der Waals surface area contributed by atoms with Crippen LogP contribution in [0.3, 0.4) is 0 Å². The fourth-order valence-corrected chi connectivity index (χ4v) is 2.60. The first-order chi connectivity index (χ1) is 9.25. The van der Waals surface area contributed by atoms with Crippen LogP contribution in [-0.4, -0.2) is 15.2 Å². The summed E-state index contributed by atoms with van der Waals surface area (Å²) in [7, 11) is 0. The highest BCUT2D eigenvalue weighted by Crippen LogP contribution is 2.35. The Hall–Kier alpha value is -2.04. The molecule has 19 heavy (non-hydrogen) atoms. The van der Waals surface area contributed by atoms with Crippen LogP contribution in [0.15, 0.2) is 22.7 Å². The van der Waals surface area contributed by atoms with Crippen LogP contribution in [0.5, 0.6) is 5.75 Å². The van der Waals surface area contributed by atoms with Gasteiger partial charge in [-0.25, -0.2) is 0 Å². The Morgan fingerprint density at radius 2 is 2.00 bits per heavy atom. The molecular formula is C14H17N3O2. The molecule has 0 amide bonds. The maximum Gasteiger partial charge on any atom is 0.261 e. The van der Waals surface area contributed by atoms with Crippen molar-refractivity contribution in [2.45, 2.75) is 38.0 Å². The van der Waals surface area contributed by atoms with E-state index in [1.807, 2.05) is 0 Å². The zero-order valence-electron chi connectivity index (χ0n) is 10.7. The number of nitrogens with two attached hydrogens (primary N) is 1. The third-order valence-electron chi connectivity index (χ3n) is 3.71. The number of hydrogen-bond donors (Lipinski definition) is 2. The number of aromatic hydroxyl groups is 1. The van der Waals surface area contributed by atoms with E-state index in [-0.39, 0.29) is 5.75 Å². The molecule has 0 saturated heterocycles. The Kier molecular flexibility index (Phi) is 3.11. The third-order valence-corrected chi connectivity index (χ3v) is 3.71. The van der Waals surface area contributed by atoms with Gasteiger partial charge in [0.15, 0.2) is 11.6 Å². The average Bonchev–Trinajstić information content (AvgIpc) is 2.92. The van der Waals surface area contributed by atoms with E-state index in [9.17, 15) is 5.11 Å². The number of nitrogens with zero attached hydrogens (tertiary/aromatic N) is 2. The van der Waals surface area contributed by atoms with Gasteiger partial charge in [-0.15, -0.1) is 0 Å². The monoisotopic (exact) mass is 259 g/mol. The molecule has 1 aliphatic rings. The van der Waals surface area contributed by atoms with E-state index in [1.54, 1.807) is 18.2 Å². The van der Waals surface area contributed by atoms with E-state index in [4.69, 9.17) is 10.3 Å². The highest BCUT2D eigenvalue weighted by atomic mass is 16.5. The number of anilines is 1. The van der Waals surface area contributed by atoms with Crippen LogP contribution in [-0.2, 0) is 0 Å². The normalized spacial score (nSPS) is 16.6. The first kappa shape index (κ1) is 12.0. The van der Waals surface area contributed by atoms with E-state index in [0.29, 0.717) is 23.1 Å². The van der Waals surface area contributed by atoms with Gasteiger partial charge in [-0.1, -0.05) is 30.5 Å². The van der Waals surface area contributed by atoms with Crippen molar-refractivity contribution >= 4 is 5.69 Å². The zero-order valence-corrected chi connectivity index (χ0v) is 10.7. The first-order valence-corrected chi connectivity index (χ1v) is 6.67. The van der Waals surface area contributed by atoms with Crippen LogP contribution in [0, 0.1) is 0 Å². The van der Waals surface area contributed by atoms with Gasteiger partial charge in [-0.05, 0) is 25.0 Å². The molecular weight excluding hydrogens is 242 g/mol. The van der Waals surface area contributed by atoms with Crippen LogP contribution >= 0.6 is 0 Å². The van der Waals surface area contributed by atoms with Gasteiger partial charge in [0, 0.05) is 5.92 Å². The lowest BCUT2D eigenvalue weighted by Crippen LogP contribution is -2.06. The van der Waals surface area contributed by atoms with Crippen LogP contribution in [0.2, 0.25) is 0 Å². The van der Waals surface area contributed by atoms with Gasteiger partial charge in [0.2, 0.25) is 0 Å². The van der Waals surface area contributed by atoms with Crippen LogP contribution in [0.1, 0.15) is 43.8 Å². The van der Waals surface area contributed by atoms with Gasteiger partial charge in [0.25, 0.3) is 5.89 Å². The molecule has 1 aromatic carbocycles. The van der Waals surface area contributed by atoms with E-state index >= 15 is 0 Å². The Morgan fingerprint density at radius 3 is 2.79 bits per heavy atom. The second kappa shape index (κ2) is 4.91. The lowest BCUT2D eigenvalue weighted by atomic mass is 9.89. The van der Waals surface area contributed by atoms with E-state index < -0.39 is 0 Å².